The maximum Gasteiger partial charge on any atom is 0.307 e. The SMILES string of the molecule is COc1c(F)cc(C)c(CC(=O)O)c1O. The number of carboxylic acids is 1. The lowest BCUT2D eigenvalue weighted by molar-refractivity contribution is -0.136. The van der Waals surface area contributed by atoms with Crippen LogP contribution in [0.1, 0.15) is 11.1 Å². The second kappa shape index (κ2) is 4.16. The predicted molar refractivity (Wildman–Crippen MR) is 50.7 cm³/mol. The van der Waals surface area contributed by atoms with Crippen LogP contribution < -0.4 is 4.74 Å². The highest BCUT2D eigenvalue weighted by atomic mass is 19.1. The molecule has 1 aromatic carbocycles. The van der Waals surface area contributed by atoms with Crippen molar-refractivity contribution in [3.05, 3.63) is 23.0 Å². The zero-order valence-corrected chi connectivity index (χ0v) is 8.37. The van der Waals surface area contributed by atoms with Crippen LogP contribution in [0.2, 0.25) is 0 Å². The van der Waals surface area contributed by atoms with Crippen molar-refractivity contribution in [1.82, 2.24) is 0 Å². The van der Waals surface area contributed by atoms with Crippen molar-refractivity contribution in [3.63, 3.8) is 0 Å². The molecule has 0 aliphatic heterocycles. The Labute approximate surface area is 85.9 Å². The van der Waals surface area contributed by atoms with Gasteiger partial charge in [-0.05, 0) is 18.6 Å². The Bertz CT molecular complexity index is 401. The fourth-order valence-corrected chi connectivity index (χ4v) is 1.35. The zero-order valence-electron chi connectivity index (χ0n) is 8.37. The molecule has 0 saturated carbocycles. The summed E-state index contributed by atoms with van der Waals surface area (Å²) < 4.78 is 17.8. The van der Waals surface area contributed by atoms with Gasteiger partial charge in [-0.2, -0.15) is 0 Å². The number of hydrogen-bond acceptors (Lipinski definition) is 3. The third-order valence-corrected chi connectivity index (χ3v) is 2.07. The molecule has 0 heterocycles. The molecule has 0 aliphatic carbocycles. The van der Waals surface area contributed by atoms with Gasteiger partial charge in [-0.25, -0.2) is 4.39 Å². The number of hydrogen-bond donors (Lipinski definition) is 2. The summed E-state index contributed by atoms with van der Waals surface area (Å²) in [6.07, 6.45) is -0.367. The van der Waals surface area contributed by atoms with Crippen LogP contribution in [0.25, 0.3) is 0 Å². The van der Waals surface area contributed by atoms with Gasteiger partial charge < -0.3 is 14.9 Å². The van der Waals surface area contributed by atoms with E-state index in [-0.39, 0.29) is 17.7 Å². The predicted octanol–water partition coefficient (Wildman–Crippen LogP) is 1.48. The molecule has 0 aromatic heterocycles. The van der Waals surface area contributed by atoms with Crippen LogP contribution in [0.5, 0.6) is 11.5 Å². The number of phenolic OH excluding ortho intramolecular Hbond substituents is 1. The van der Waals surface area contributed by atoms with Crippen LogP contribution in [0.3, 0.4) is 0 Å². The summed E-state index contributed by atoms with van der Waals surface area (Å²) in [6, 6.07) is 1.14. The van der Waals surface area contributed by atoms with Crippen LogP contribution in [0, 0.1) is 12.7 Å². The molecule has 0 saturated heterocycles. The van der Waals surface area contributed by atoms with E-state index in [1.165, 1.54) is 14.0 Å². The van der Waals surface area contributed by atoms with Crippen molar-refractivity contribution in [2.45, 2.75) is 13.3 Å². The molecular weight excluding hydrogens is 203 g/mol. The molecule has 0 radical (unpaired) electrons. The zero-order chi connectivity index (χ0) is 11.6. The smallest absolute Gasteiger partial charge is 0.307 e. The molecule has 0 atom stereocenters. The van der Waals surface area contributed by atoms with Crippen molar-refractivity contribution in [1.29, 1.82) is 0 Å². The minimum atomic E-state index is -1.10. The minimum absolute atomic E-state index is 0.167. The first kappa shape index (κ1) is 11.3. The summed E-state index contributed by atoms with van der Waals surface area (Å²) in [7, 11) is 1.21. The van der Waals surface area contributed by atoms with E-state index in [1.807, 2.05) is 0 Å². The van der Waals surface area contributed by atoms with Crippen molar-refractivity contribution < 1.29 is 24.1 Å². The van der Waals surface area contributed by atoms with Crippen LogP contribution in [0.4, 0.5) is 4.39 Å². The molecule has 4 nitrogen and oxygen atoms in total. The molecule has 0 amide bonds. The Morgan fingerprint density at radius 2 is 2.20 bits per heavy atom. The molecule has 0 bridgehead atoms. The van der Waals surface area contributed by atoms with Crippen molar-refractivity contribution in [2.24, 2.45) is 0 Å². The first-order valence-corrected chi connectivity index (χ1v) is 4.24. The second-order valence-electron chi connectivity index (χ2n) is 3.11. The second-order valence-corrected chi connectivity index (χ2v) is 3.11. The van der Waals surface area contributed by atoms with Crippen LogP contribution in [0.15, 0.2) is 6.07 Å². The van der Waals surface area contributed by atoms with Crippen LogP contribution in [-0.2, 0) is 11.2 Å². The quantitative estimate of drug-likeness (QED) is 0.799. The van der Waals surface area contributed by atoms with Gasteiger partial charge in [0.05, 0.1) is 13.5 Å². The highest BCUT2D eigenvalue weighted by molar-refractivity contribution is 5.73. The number of phenols is 1. The third-order valence-electron chi connectivity index (χ3n) is 2.07. The number of carbonyl (C=O) groups is 1. The molecule has 1 aromatic rings. The van der Waals surface area contributed by atoms with Gasteiger partial charge in [0.1, 0.15) is 0 Å². The Morgan fingerprint density at radius 1 is 1.60 bits per heavy atom. The molecule has 15 heavy (non-hydrogen) atoms. The maximum atomic E-state index is 13.2. The average Bonchev–Trinajstić information content (AvgIpc) is 2.12. The molecule has 0 unspecified atom stereocenters. The fraction of sp³-hybridized carbons (Fsp3) is 0.300. The number of aliphatic carboxylic acids is 1. The number of carboxylic acid groups (broad SMARTS) is 1. The first-order chi connectivity index (χ1) is 6.97. The molecule has 5 heteroatoms. The molecule has 2 N–H and O–H groups in total. The van der Waals surface area contributed by atoms with E-state index in [4.69, 9.17) is 5.11 Å². The number of benzene rings is 1. The summed E-state index contributed by atoms with van der Waals surface area (Å²) in [5.41, 5.74) is 0.550. The average molecular weight is 214 g/mol. The lowest BCUT2D eigenvalue weighted by Crippen LogP contribution is -2.04. The molecular formula is C10H11FO4. The summed E-state index contributed by atoms with van der Waals surface area (Å²) in [5, 5.41) is 18.2. The normalized spacial score (nSPS) is 10.1. The van der Waals surface area contributed by atoms with E-state index >= 15 is 0 Å². The number of methoxy groups -OCH3 is 1. The van der Waals surface area contributed by atoms with Crippen LogP contribution in [-0.4, -0.2) is 23.3 Å². The van der Waals surface area contributed by atoms with Gasteiger partial charge in [-0.15, -0.1) is 0 Å². The Hall–Kier alpha value is -1.78. The summed E-state index contributed by atoms with van der Waals surface area (Å²) in [6.45, 7) is 1.53. The largest absolute Gasteiger partial charge is 0.504 e. The van der Waals surface area contributed by atoms with Gasteiger partial charge in [-0.1, -0.05) is 0 Å². The van der Waals surface area contributed by atoms with Gasteiger partial charge in [-0.3, -0.25) is 4.79 Å². The van der Waals surface area contributed by atoms with Gasteiger partial charge in [0.25, 0.3) is 0 Å². The topological polar surface area (TPSA) is 66.8 Å². The number of rotatable bonds is 3. The highest BCUT2D eigenvalue weighted by Gasteiger charge is 2.18. The van der Waals surface area contributed by atoms with Gasteiger partial charge in [0.15, 0.2) is 17.3 Å². The third kappa shape index (κ3) is 2.18. The van der Waals surface area contributed by atoms with Gasteiger partial charge >= 0.3 is 5.97 Å². The maximum absolute atomic E-state index is 13.2. The molecule has 0 fully saturated rings. The minimum Gasteiger partial charge on any atom is -0.504 e. The lowest BCUT2D eigenvalue weighted by Gasteiger charge is -2.11. The van der Waals surface area contributed by atoms with E-state index in [0.29, 0.717) is 5.56 Å². The number of aryl methyl sites for hydroxylation is 1. The van der Waals surface area contributed by atoms with E-state index in [2.05, 4.69) is 4.74 Å². The fourth-order valence-electron chi connectivity index (χ4n) is 1.35. The summed E-state index contributed by atoms with van der Waals surface area (Å²) in [5.74, 6) is -2.57. The molecule has 0 spiro atoms. The molecule has 0 aliphatic rings. The van der Waals surface area contributed by atoms with Gasteiger partial charge in [0.2, 0.25) is 0 Å². The molecule has 82 valence electrons. The standard InChI is InChI=1S/C10H11FO4/c1-5-3-7(11)10(15-2)9(14)6(5)4-8(12)13/h3,14H,4H2,1-2H3,(H,12,13). The van der Waals surface area contributed by atoms with Crippen LogP contribution >= 0.6 is 0 Å². The Kier molecular flexibility index (Phi) is 3.14. The Morgan fingerprint density at radius 3 is 2.67 bits per heavy atom. The monoisotopic (exact) mass is 214 g/mol. The number of ether oxygens (including phenoxy) is 1. The number of halogens is 1. The van der Waals surface area contributed by atoms with E-state index in [0.717, 1.165) is 6.07 Å². The van der Waals surface area contributed by atoms with E-state index in [1.54, 1.807) is 0 Å². The molecule has 1 rings (SSSR count). The number of aromatic hydroxyl groups is 1. The lowest BCUT2D eigenvalue weighted by atomic mass is 10.0. The first-order valence-electron chi connectivity index (χ1n) is 4.24. The summed E-state index contributed by atoms with van der Waals surface area (Å²) in [4.78, 5) is 10.5. The Balaban J connectivity index is 3.32. The van der Waals surface area contributed by atoms with Gasteiger partial charge in [0, 0.05) is 5.56 Å². The van der Waals surface area contributed by atoms with E-state index < -0.39 is 17.5 Å². The van der Waals surface area contributed by atoms with Crippen molar-refractivity contribution in [3.8, 4) is 11.5 Å². The summed E-state index contributed by atoms with van der Waals surface area (Å²) >= 11 is 0. The van der Waals surface area contributed by atoms with Crippen molar-refractivity contribution in [2.75, 3.05) is 7.11 Å². The van der Waals surface area contributed by atoms with E-state index in [9.17, 15) is 14.3 Å². The van der Waals surface area contributed by atoms with Crippen molar-refractivity contribution >= 4 is 5.97 Å². The highest BCUT2D eigenvalue weighted by Crippen LogP contribution is 2.35.